The molecule has 166 valence electrons. The number of carbonyl (C=O) groups excluding carboxylic acids is 2. The maximum Gasteiger partial charge on any atom is 0.341 e. The van der Waals surface area contributed by atoms with Crippen LogP contribution in [0.15, 0.2) is 30.3 Å². The first-order valence-corrected chi connectivity index (χ1v) is 12.3. The lowest BCUT2D eigenvalue weighted by Gasteiger charge is -2.31. The van der Waals surface area contributed by atoms with Gasteiger partial charge in [0.2, 0.25) is 5.91 Å². The van der Waals surface area contributed by atoms with E-state index in [4.69, 9.17) is 4.74 Å². The molecule has 1 aromatic heterocycles. The number of ether oxygens (including phenoxy) is 1. The van der Waals surface area contributed by atoms with Crippen molar-refractivity contribution < 1.29 is 14.3 Å². The zero-order valence-electron chi connectivity index (χ0n) is 18.3. The van der Waals surface area contributed by atoms with Gasteiger partial charge in [-0.05, 0) is 82.0 Å². The fraction of sp³-hybridized carbons (Fsp3) is 0.520. The number of nitrogens with zero attached hydrogens (tertiary/aromatic N) is 1. The SMILES string of the molecule is CCOC(=O)c1c(NC(=O)CN2CCC(Cc3ccccc3)CC2)sc2c1CCCC2. The van der Waals surface area contributed by atoms with E-state index in [1.807, 2.05) is 6.92 Å². The van der Waals surface area contributed by atoms with Crippen LogP contribution in [0.1, 0.15) is 59.0 Å². The number of piperidine rings is 1. The number of likely N-dealkylation sites (tertiary alicyclic amines) is 1. The second-order valence-corrected chi connectivity index (χ2v) is 9.70. The van der Waals surface area contributed by atoms with Crippen LogP contribution in [0.25, 0.3) is 0 Å². The molecule has 0 saturated carbocycles. The second-order valence-electron chi connectivity index (χ2n) is 8.59. The number of fused-ring (bicyclic) bond motifs is 1. The zero-order valence-corrected chi connectivity index (χ0v) is 19.1. The monoisotopic (exact) mass is 440 g/mol. The van der Waals surface area contributed by atoms with Crippen molar-refractivity contribution in [2.75, 3.05) is 31.6 Å². The number of thiophene rings is 1. The van der Waals surface area contributed by atoms with E-state index < -0.39 is 0 Å². The lowest BCUT2D eigenvalue weighted by Crippen LogP contribution is -2.39. The van der Waals surface area contributed by atoms with E-state index >= 15 is 0 Å². The van der Waals surface area contributed by atoms with Crippen LogP contribution in [0.3, 0.4) is 0 Å². The van der Waals surface area contributed by atoms with Gasteiger partial charge in [-0.25, -0.2) is 4.79 Å². The molecule has 0 bridgehead atoms. The highest BCUT2D eigenvalue weighted by atomic mass is 32.1. The Morgan fingerprint density at radius 2 is 1.87 bits per heavy atom. The molecular formula is C25H32N2O3S. The van der Waals surface area contributed by atoms with Gasteiger partial charge in [-0.3, -0.25) is 9.69 Å². The third-order valence-electron chi connectivity index (χ3n) is 6.35. The van der Waals surface area contributed by atoms with Gasteiger partial charge in [-0.2, -0.15) is 0 Å². The fourth-order valence-corrected chi connectivity index (χ4v) is 6.03. The summed E-state index contributed by atoms with van der Waals surface area (Å²) in [5.41, 5.74) is 3.08. The van der Waals surface area contributed by atoms with E-state index in [1.165, 1.54) is 10.4 Å². The van der Waals surface area contributed by atoms with Crippen LogP contribution >= 0.6 is 11.3 Å². The molecule has 1 aliphatic heterocycles. The zero-order chi connectivity index (χ0) is 21.6. The van der Waals surface area contributed by atoms with Crippen molar-refractivity contribution >= 4 is 28.2 Å². The molecule has 4 rings (SSSR count). The van der Waals surface area contributed by atoms with Crippen LogP contribution in [0.5, 0.6) is 0 Å². The summed E-state index contributed by atoms with van der Waals surface area (Å²) in [6, 6.07) is 10.6. The minimum Gasteiger partial charge on any atom is -0.462 e. The smallest absolute Gasteiger partial charge is 0.341 e. The molecule has 1 saturated heterocycles. The lowest BCUT2D eigenvalue weighted by molar-refractivity contribution is -0.117. The van der Waals surface area contributed by atoms with Gasteiger partial charge < -0.3 is 10.1 Å². The average Bonchev–Trinajstić information content (AvgIpc) is 3.13. The molecule has 2 heterocycles. The summed E-state index contributed by atoms with van der Waals surface area (Å²) in [7, 11) is 0. The first-order valence-electron chi connectivity index (χ1n) is 11.5. The van der Waals surface area contributed by atoms with Gasteiger partial charge in [0.25, 0.3) is 0 Å². The van der Waals surface area contributed by atoms with Gasteiger partial charge in [-0.15, -0.1) is 11.3 Å². The predicted octanol–water partition coefficient (Wildman–Crippen LogP) is 4.70. The van der Waals surface area contributed by atoms with Crippen LogP contribution < -0.4 is 5.32 Å². The molecule has 1 aromatic carbocycles. The van der Waals surface area contributed by atoms with Crippen LogP contribution in [0.4, 0.5) is 5.00 Å². The van der Waals surface area contributed by atoms with Crippen LogP contribution in [-0.2, 0) is 28.8 Å². The van der Waals surface area contributed by atoms with Crippen molar-refractivity contribution in [3.05, 3.63) is 51.9 Å². The third kappa shape index (κ3) is 5.55. The number of amides is 1. The lowest BCUT2D eigenvalue weighted by atomic mass is 9.90. The van der Waals surface area contributed by atoms with E-state index in [2.05, 4.69) is 40.5 Å². The molecule has 1 amide bonds. The Morgan fingerprint density at radius 3 is 2.61 bits per heavy atom. The quantitative estimate of drug-likeness (QED) is 0.634. The number of carbonyl (C=O) groups is 2. The summed E-state index contributed by atoms with van der Waals surface area (Å²) >= 11 is 1.56. The average molecular weight is 441 g/mol. The van der Waals surface area contributed by atoms with E-state index in [0.29, 0.717) is 29.6 Å². The van der Waals surface area contributed by atoms with Gasteiger partial charge >= 0.3 is 5.97 Å². The number of benzene rings is 1. The Balaban J connectivity index is 1.33. The molecular weight excluding hydrogens is 408 g/mol. The molecule has 5 nitrogen and oxygen atoms in total. The van der Waals surface area contributed by atoms with Gasteiger partial charge in [0.1, 0.15) is 5.00 Å². The number of esters is 1. The van der Waals surface area contributed by atoms with Crippen LogP contribution in [-0.4, -0.2) is 43.0 Å². The normalized spacial score (nSPS) is 17.2. The first-order chi connectivity index (χ1) is 15.1. The summed E-state index contributed by atoms with van der Waals surface area (Å²) in [6.45, 7) is 4.42. The predicted molar refractivity (Wildman–Crippen MR) is 125 cm³/mol. The number of hydrogen-bond acceptors (Lipinski definition) is 5. The van der Waals surface area contributed by atoms with E-state index in [-0.39, 0.29) is 11.9 Å². The molecule has 0 radical (unpaired) electrons. The molecule has 31 heavy (non-hydrogen) atoms. The Hall–Kier alpha value is -2.18. The standard InChI is InChI=1S/C25H32N2O3S/c1-2-30-25(29)23-20-10-6-7-11-21(20)31-24(23)26-22(28)17-27-14-12-19(13-15-27)16-18-8-4-3-5-9-18/h3-5,8-9,19H,2,6-7,10-17H2,1H3,(H,26,28). The van der Waals surface area contributed by atoms with Crippen molar-refractivity contribution in [2.45, 2.75) is 51.9 Å². The number of hydrogen-bond donors (Lipinski definition) is 1. The molecule has 2 aromatic rings. The van der Waals surface area contributed by atoms with E-state index in [0.717, 1.165) is 63.6 Å². The topological polar surface area (TPSA) is 58.6 Å². The largest absolute Gasteiger partial charge is 0.462 e. The van der Waals surface area contributed by atoms with Crippen molar-refractivity contribution in [3.63, 3.8) is 0 Å². The van der Waals surface area contributed by atoms with Gasteiger partial charge in [0.05, 0.1) is 18.7 Å². The number of rotatable bonds is 7. The van der Waals surface area contributed by atoms with Crippen molar-refractivity contribution in [1.29, 1.82) is 0 Å². The minimum absolute atomic E-state index is 0.0364. The molecule has 0 atom stereocenters. The van der Waals surface area contributed by atoms with E-state index in [1.54, 1.807) is 11.3 Å². The summed E-state index contributed by atoms with van der Waals surface area (Å²) in [4.78, 5) is 28.8. The van der Waals surface area contributed by atoms with Crippen LogP contribution in [0, 0.1) is 5.92 Å². The van der Waals surface area contributed by atoms with Crippen LogP contribution in [0.2, 0.25) is 0 Å². The molecule has 1 N–H and O–H groups in total. The molecule has 0 spiro atoms. The first kappa shape index (κ1) is 22.0. The van der Waals surface area contributed by atoms with Crippen molar-refractivity contribution in [3.8, 4) is 0 Å². The van der Waals surface area contributed by atoms with Crippen molar-refractivity contribution in [2.24, 2.45) is 5.92 Å². The highest BCUT2D eigenvalue weighted by Gasteiger charge is 2.28. The highest BCUT2D eigenvalue weighted by Crippen LogP contribution is 2.38. The maximum atomic E-state index is 12.8. The van der Waals surface area contributed by atoms with Gasteiger partial charge in [0, 0.05) is 4.88 Å². The summed E-state index contributed by atoms with van der Waals surface area (Å²) in [5, 5.41) is 3.72. The van der Waals surface area contributed by atoms with Gasteiger partial charge in [-0.1, -0.05) is 30.3 Å². The number of anilines is 1. The second kappa shape index (κ2) is 10.4. The molecule has 1 aliphatic carbocycles. The summed E-state index contributed by atoms with van der Waals surface area (Å²) < 4.78 is 5.29. The van der Waals surface area contributed by atoms with E-state index in [9.17, 15) is 9.59 Å². The molecule has 6 heteroatoms. The number of aryl methyl sites for hydroxylation is 1. The summed E-state index contributed by atoms with van der Waals surface area (Å²) in [5.74, 6) is 0.339. The number of nitrogens with one attached hydrogen (secondary N) is 1. The maximum absolute atomic E-state index is 12.8. The molecule has 0 unspecified atom stereocenters. The Morgan fingerprint density at radius 1 is 1.13 bits per heavy atom. The van der Waals surface area contributed by atoms with Crippen molar-refractivity contribution in [1.82, 2.24) is 4.90 Å². The summed E-state index contributed by atoms with van der Waals surface area (Å²) in [6.07, 6.45) is 7.45. The third-order valence-corrected chi connectivity index (χ3v) is 7.55. The Kier molecular flexibility index (Phi) is 7.41. The fourth-order valence-electron chi connectivity index (χ4n) is 4.74. The molecule has 1 fully saturated rings. The Bertz CT molecular complexity index is 901. The minimum atomic E-state index is -0.307. The Labute approximate surface area is 188 Å². The van der Waals surface area contributed by atoms with Gasteiger partial charge in [0.15, 0.2) is 0 Å². The molecule has 2 aliphatic rings. The highest BCUT2D eigenvalue weighted by molar-refractivity contribution is 7.17.